The quantitative estimate of drug-likeness (QED) is 0.519. The van der Waals surface area contributed by atoms with Crippen molar-refractivity contribution in [3.8, 4) is 11.1 Å². The number of carbonyl (C=O) groups is 1. The fourth-order valence-corrected chi connectivity index (χ4v) is 1.92. The van der Waals surface area contributed by atoms with Gasteiger partial charge in [-0.05, 0) is 0 Å². The van der Waals surface area contributed by atoms with Crippen LogP contribution in [0.1, 0.15) is 10.4 Å². The lowest BCUT2D eigenvalue weighted by Gasteiger charge is -2.11. The minimum Gasteiger partial charge on any atom is -0.478 e. The second kappa shape index (κ2) is 5.28. The number of carboxylic acid groups (broad SMARTS) is 1. The number of pyridine rings is 1. The number of benzene rings is 1. The molecule has 1 N–H and O–H groups in total. The minimum absolute atomic E-state index is 0.510. The van der Waals surface area contributed by atoms with Crippen molar-refractivity contribution in [2.75, 3.05) is 0 Å². The van der Waals surface area contributed by atoms with Gasteiger partial charge in [-0.3, -0.25) is 4.98 Å². The molecule has 1 heterocycles. The Morgan fingerprint density at radius 1 is 0.952 bits per heavy atom. The standard InChI is InChI=1S/C12H3ClF5NO2/c13-4-2-19-1-3(5(4)12(20)21)6-7(14)9(16)11(18)10(17)8(6)15/h1-2H,(H,20,21). The van der Waals surface area contributed by atoms with Gasteiger partial charge in [-0.15, -0.1) is 0 Å². The molecule has 110 valence electrons. The zero-order chi connectivity index (χ0) is 15.9. The third kappa shape index (κ3) is 2.31. The van der Waals surface area contributed by atoms with E-state index in [1.165, 1.54) is 0 Å². The molecular formula is C12H3ClF5NO2. The highest BCUT2D eigenvalue weighted by Crippen LogP contribution is 2.35. The van der Waals surface area contributed by atoms with Crippen LogP contribution in [0.25, 0.3) is 11.1 Å². The molecule has 0 amide bonds. The van der Waals surface area contributed by atoms with Gasteiger partial charge in [-0.2, -0.15) is 0 Å². The van der Waals surface area contributed by atoms with E-state index in [9.17, 15) is 26.7 Å². The summed E-state index contributed by atoms with van der Waals surface area (Å²) in [5.41, 5.74) is -3.04. The van der Waals surface area contributed by atoms with Gasteiger partial charge in [-0.25, -0.2) is 26.7 Å². The van der Waals surface area contributed by atoms with Crippen molar-refractivity contribution < 1.29 is 31.9 Å². The number of carboxylic acids is 1. The minimum atomic E-state index is -2.35. The maximum absolute atomic E-state index is 13.7. The van der Waals surface area contributed by atoms with Crippen LogP contribution >= 0.6 is 11.6 Å². The van der Waals surface area contributed by atoms with E-state index < -0.39 is 56.8 Å². The summed E-state index contributed by atoms with van der Waals surface area (Å²) < 4.78 is 66.6. The van der Waals surface area contributed by atoms with Crippen molar-refractivity contribution in [2.24, 2.45) is 0 Å². The van der Waals surface area contributed by atoms with Gasteiger partial charge < -0.3 is 5.11 Å². The van der Waals surface area contributed by atoms with Crippen LogP contribution in [0, 0.1) is 29.1 Å². The number of rotatable bonds is 2. The van der Waals surface area contributed by atoms with Crippen LogP contribution in [0.2, 0.25) is 5.02 Å². The molecule has 9 heteroatoms. The first-order chi connectivity index (χ1) is 9.77. The Balaban J connectivity index is 2.93. The number of halogens is 6. The number of aromatic nitrogens is 1. The average molecular weight is 324 g/mol. The summed E-state index contributed by atoms with van der Waals surface area (Å²) in [6, 6.07) is 0. The molecule has 0 aliphatic carbocycles. The van der Waals surface area contributed by atoms with Crippen LogP contribution in [-0.4, -0.2) is 16.1 Å². The molecule has 2 aromatic rings. The Morgan fingerprint density at radius 3 is 1.90 bits per heavy atom. The fraction of sp³-hybridized carbons (Fsp3) is 0. The second-order valence-corrected chi connectivity index (χ2v) is 4.20. The smallest absolute Gasteiger partial charge is 0.337 e. The molecule has 1 aromatic heterocycles. The molecule has 21 heavy (non-hydrogen) atoms. The van der Waals surface area contributed by atoms with E-state index in [2.05, 4.69) is 4.98 Å². The Kier molecular flexibility index (Phi) is 3.82. The summed E-state index contributed by atoms with van der Waals surface area (Å²) in [6.07, 6.45) is 1.51. The third-order valence-electron chi connectivity index (χ3n) is 2.59. The van der Waals surface area contributed by atoms with Crippen molar-refractivity contribution in [1.82, 2.24) is 4.98 Å². The van der Waals surface area contributed by atoms with Crippen LogP contribution < -0.4 is 0 Å². The molecule has 0 atom stereocenters. The first-order valence-electron chi connectivity index (χ1n) is 5.16. The molecule has 0 radical (unpaired) electrons. The fourth-order valence-electron chi connectivity index (χ4n) is 1.68. The monoisotopic (exact) mass is 323 g/mol. The van der Waals surface area contributed by atoms with Crippen LogP contribution in [0.5, 0.6) is 0 Å². The first-order valence-corrected chi connectivity index (χ1v) is 5.53. The zero-order valence-corrected chi connectivity index (χ0v) is 10.5. The summed E-state index contributed by atoms with van der Waals surface area (Å²) in [7, 11) is 0. The van der Waals surface area contributed by atoms with Gasteiger partial charge in [0.1, 0.15) is 0 Å². The Bertz CT molecular complexity index is 737. The summed E-state index contributed by atoms with van der Waals surface area (Å²) in [5.74, 6) is -12.8. The van der Waals surface area contributed by atoms with E-state index >= 15 is 0 Å². The molecule has 0 saturated carbocycles. The maximum Gasteiger partial charge on any atom is 0.337 e. The average Bonchev–Trinajstić information content (AvgIpc) is 2.43. The predicted octanol–water partition coefficient (Wildman–Crippen LogP) is 3.80. The molecule has 0 bridgehead atoms. The van der Waals surface area contributed by atoms with Gasteiger partial charge in [0.05, 0.1) is 16.1 Å². The van der Waals surface area contributed by atoms with E-state index in [-0.39, 0.29) is 0 Å². The lowest BCUT2D eigenvalue weighted by atomic mass is 10.00. The van der Waals surface area contributed by atoms with Crippen molar-refractivity contribution in [3.63, 3.8) is 0 Å². The number of aromatic carboxylic acids is 1. The Hall–Kier alpha value is -2.22. The van der Waals surface area contributed by atoms with Crippen LogP contribution in [0.15, 0.2) is 12.4 Å². The second-order valence-electron chi connectivity index (χ2n) is 3.79. The topological polar surface area (TPSA) is 50.2 Å². The van der Waals surface area contributed by atoms with Gasteiger partial charge in [0, 0.05) is 18.0 Å². The number of nitrogens with zero attached hydrogens (tertiary/aromatic N) is 1. The summed E-state index contributed by atoms with van der Waals surface area (Å²) in [5, 5.41) is 8.45. The third-order valence-corrected chi connectivity index (χ3v) is 2.88. The highest BCUT2D eigenvalue weighted by molar-refractivity contribution is 6.34. The molecule has 3 nitrogen and oxygen atoms in total. The molecule has 2 rings (SSSR count). The van der Waals surface area contributed by atoms with Crippen molar-refractivity contribution in [2.45, 2.75) is 0 Å². The highest BCUT2D eigenvalue weighted by atomic mass is 35.5. The zero-order valence-electron chi connectivity index (χ0n) is 9.73. The van der Waals surface area contributed by atoms with E-state index in [1.54, 1.807) is 0 Å². The summed E-state index contributed by atoms with van der Waals surface area (Å²) >= 11 is 5.54. The summed E-state index contributed by atoms with van der Waals surface area (Å²) in [4.78, 5) is 14.5. The number of hydrogen-bond acceptors (Lipinski definition) is 2. The first kappa shape index (κ1) is 15.2. The van der Waals surface area contributed by atoms with Crippen LogP contribution in [0.3, 0.4) is 0 Å². The normalized spacial score (nSPS) is 10.8. The van der Waals surface area contributed by atoms with Crippen molar-refractivity contribution in [3.05, 3.63) is 52.1 Å². The Labute approximate surface area is 118 Å². The van der Waals surface area contributed by atoms with Gasteiger partial charge in [-0.1, -0.05) is 11.6 Å². The van der Waals surface area contributed by atoms with E-state index in [0.29, 0.717) is 6.20 Å². The van der Waals surface area contributed by atoms with E-state index in [4.69, 9.17) is 16.7 Å². The largest absolute Gasteiger partial charge is 0.478 e. The van der Waals surface area contributed by atoms with E-state index in [1.807, 2.05) is 0 Å². The maximum atomic E-state index is 13.7. The van der Waals surface area contributed by atoms with Crippen molar-refractivity contribution in [1.29, 1.82) is 0 Å². The van der Waals surface area contributed by atoms with E-state index in [0.717, 1.165) is 6.20 Å². The molecule has 0 unspecified atom stereocenters. The molecule has 1 aromatic carbocycles. The van der Waals surface area contributed by atoms with Crippen LogP contribution in [-0.2, 0) is 0 Å². The summed E-state index contributed by atoms with van der Waals surface area (Å²) in [6.45, 7) is 0. The molecule has 0 saturated heterocycles. The van der Waals surface area contributed by atoms with Gasteiger partial charge >= 0.3 is 5.97 Å². The molecule has 0 aliphatic heterocycles. The van der Waals surface area contributed by atoms with Gasteiger partial charge in [0.2, 0.25) is 5.82 Å². The lowest BCUT2D eigenvalue weighted by molar-refractivity contribution is 0.0697. The van der Waals surface area contributed by atoms with Gasteiger partial charge in [0.15, 0.2) is 23.3 Å². The molecule has 0 aliphatic rings. The lowest BCUT2D eigenvalue weighted by Crippen LogP contribution is -2.08. The van der Waals surface area contributed by atoms with Crippen LogP contribution in [0.4, 0.5) is 22.0 Å². The predicted molar refractivity (Wildman–Crippen MR) is 61.4 cm³/mol. The molecule has 0 spiro atoms. The molecular weight excluding hydrogens is 321 g/mol. The highest BCUT2D eigenvalue weighted by Gasteiger charge is 2.29. The van der Waals surface area contributed by atoms with Gasteiger partial charge in [0.25, 0.3) is 0 Å². The molecule has 0 fully saturated rings. The number of hydrogen-bond donors (Lipinski definition) is 1. The van der Waals surface area contributed by atoms with Crippen molar-refractivity contribution >= 4 is 17.6 Å². The SMILES string of the molecule is O=C(O)c1c(Cl)cncc1-c1c(F)c(F)c(F)c(F)c1F. The Morgan fingerprint density at radius 2 is 1.43 bits per heavy atom.